The first kappa shape index (κ1) is 13.9. The summed E-state index contributed by atoms with van der Waals surface area (Å²) in [7, 11) is 3.97. The second-order valence-electron chi connectivity index (χ2n) is 6.38. The van der Waals surface area contributed by atoms with Crippen molar-refractivity contribution in [3.8, 4) is 5.75 Å². The lowest BCUT2D eigenvalue weighted by Crippen LogP contribution is -2.38. The lowest BCUT2D eigenvalue weighted by molar-refractivity contribution is 0.256. The van der Waals surface area contributed by atoms with Crippen LogP contribution in [0.2, 0.25) is 0 Å². The van der Waals surface area contributed by atoms with Crippen LogP contribution >= 0.6 is 0 Å². The van der Waals surface area contributed by atoms with Crippen LogP contribution in [-0.4, -0.2) is 38.2 Å². The van der Waals surface area contributed by atoms with E-state index in [1.807, 2.05) is 12.1 Å². The molecule has 2 aliphatic rings. The van der Waals surface area contributed by atoms with Crippen LogP contribution < -0.4 is 10.1 Å². The van der Waals surface area contributed by atoms with Gasteiger partial charge in [0.1, 0.15) is 5.75 Å². The van der Waals surface area contributed by atoms with Gasteiger partial charge in [-0.05, 0) is 44.3 Å². The maximum absolute atomic E-state index is 5.44. The second-order valence-corrected chi connectivity index (χ2v) is 6.38. The lowest BCUT2D eigenvalue weighted by atomic mass is 9.94. The highest BCUT2D eigenvalue weighted by Crippen LogP contribution is 2.37. The largest absolute Gasteiger partial charge is 0.496 e. The Morgan fingerprint density at radius 1 is 1.30 bits per heavy atom. The quantitative estimate of drug-likeness (QED) is 0.893. The van der Waals surface area contributed by atoms with Gasteiger partial charge in [0.25, 0.3) is 0 Å². The van der Waals surface area contributed by atoms with E-state index in [4.69, 9.17) is 4.74 Å². The monoisotopic (exact) mass is 274 g/mol. The van der Waals surface area contributed by atoms with Crippen molar-refractivity contribution < 1.29 is 4.74 Å². The zero-order chi connectivity index (χ0) is 13.9. The van der Waals surface area contributed by atoms with E-state index in [0.29, 0.717) is 6.04 Å². The molecule has 0 bridgehead atoms. The van der Waals surface area contributed by atoms with Crippen LogP contribution in [0.4, 0.5) is 0 Å². The molecule has 0 spiro atoms. The number of benzene rings is 1. The van der Waals surface area contributed by atoms with Gasteiger partial charge >= 0.3 is 0 Å². The molecule has 3 rings (SSSR count). The summed E-state index contributed by atoms with van der Waals surface area (Å²) in [5, 5.41) is 3.73. The minimum atomic E-state index is 0.683. The Morgan fingerprint density at radius 2 is 2.15 bits per heavy atom. The zero-order valence-electron chi connectivity index (χ0n) is 12.6. The van der Waals surface area contributed by atoms with Crippen LogP contribution in [0.1, 0.15) is 24.8 Å². The van der Waals surface area contributed by atoms with Gasteiger partial charge in [-0.2, -0.15) is 0 Å². The molecule has 3 unspecified atom stereocenters. The lowest BCUT2D eigenvalue weighted by Gasteiger charge is -2.25. The summed E-state index contributed by atoms with van der Waals surface area (Å²) in [5.74, 6) is 2.85. The maximum atomic E-state index is 5.44. The van der Waals surface area contributed by atoms with E-state index >= 15 is 0 Å². The average Bonchev–Trinajstić information content (AvgIpc) is 3.04. The number of methoxy groups -OCH3 is 1. The van der Waals surface area contributed by atoms with Crippen LogP contribution in [0.3, 0.4) is 0 Å². The van der Waals surface area contributed by atoms with Gasteiger partial charge in [-0.25, -0.2) is 0 Å². The number of fused-ring (bicyclic) bond motifs is 1. The van der Waals surface area contributed by atoms with Gasteiger partial charge in [-0.1, -0.05) is 24.6 Å². The summed E-state index contributed by atoms with van der Waals surface area (Å²) in [4.78, 5) is 2.43. The number of nitrogens with zero attached hydrogens (tertiary/aromatic N) is 1. The Morgan fingerprint density at radius 3 is 3.00 bits per heavy atom. The number of ether oxygens (including phenoxy) is 1. The van der Waals surface area contributed by atoms with Crippen molar-refractivity contribution in [2.45, 2.75) is 31.8 Å². The van der Waals surface area contributed by atoms with E-state index in [9.17, 15) is 0 Å². The molecule has 3 nitrogen and oxygen atoms in total. The first-order valence-electron chi connectivity index (χ1n) is 7.81. The van der Waals surface area contributed by atoms with Gasteiger partial charge in [-0.3, -0.25) is 0 Å². The van der Waals surface area contributed by atoms with Crippen molar-refractivity contribution in [1.29, 1.82) is 0 Å². The van der Waals surface area contributed by atoms with Crippen LogP contribution in [-0.2, 0) is 6.54 Å². The van der Waals surface area contributed by atoms with Crippen molar-refractivity contribution in [2.75, 3.05) is 27.2 Å². The third kappa shape index (κ3) is 2.84. The molecule has 1 aromatic carbocycles. The first-order valence-corrected chi connectivity index (χ1v) is 7.81. The van der Waals surface area contributed by atoms with E-state index in [1.54, 1.807) is 7.11 Å². The van der Waals surface area contributed by atoms with Gasteiger partial charge in [0, 0.05) is 24.7 Å². The van der Waals surface area contributed by atoms with Crippen LogP contribution in [0, 0.1) is 11.8 Å². The molecule has 3 heteroatoms. The van der Waals surface area contributed by atoms with Crippen molar-refractivity contribution in [2.24, 2.45) is 11.8 Å². The topological polar surface area (TPSA) is 24.5 Å². The molecule has 1 saturated heterocycles. The van der Waals surface area contributed by atoms with Gasteiger partial charge in [0.15, 0.2) is 0 Å². The molecule has 0 amide bonds. The van der Waals surface area contributed by atoms with E-state index in [0.717, 1.165) is 30.7 Å². The summed E-state index contributed by atoms with van der Waals surface area (Å²) in [6.07, 6.45) is 4.29. The normalized spacial score (nSPS) is 28.9. The van der Waals surface area contributed by atoms with E-state index in [1.165, 1.54) is 31.4 Å². The second kappa shape index (κ2) is 6.15. The molecule has 1 heterocycles. The fraction of sp³-hybridized carbons (Fsp3) is 0.647. The summed E-state index contributed by atoms with van der Waals surface area (Å²) in [6.45, 7) is 3.33. The van der Waals surface area contributed by atoms with Crippen LogP contribution in [0.25, 0.3) is 0 Å². The number of nitrogens with one attached hydrogen (secondary N) is 1. The minimum absolute atomic E-state index is 0.683. The van der Waals surface area contributed by atoms with Crippen molar-refractivity contribution in [3.63, 3.8) is 0 Å². The molecule has 0 radical (unpaired) electrons. The Hall–Kier alpha value is -1.06. The Labute approximate surface area is 122 Å². The summed E-state index contributed by atoms with van der Waals surface area (Å²) < 4.78 is 5.44. The number of para-hydroxylation sites is 1. The van der Waals surface area contributed by atoms with E-state index in [2.05, 4.69) is 29.4 Å². The minimum Gasteiger partial charge on any atom is -0.496 e. The first-order chi connectivity index (χ1) is 9.78. The highest BCUT2D eigenvalue weighted by atomic mass is 16.5. The smallest absolute Gasteiger partial charge is 0.123 e. The van der Waals surface area contributed by atoms with Crippen LogP contribution in [0.15, 0.2) is 24.3 Å². The number of rotatable bonds is 5. The highest BCUT2D eigenvalue weighted by molar-refractivity contribution is 5.33. The Bertz CT molecular complexity index is 448. The number of hydrogen-bond acceptors (Lipinski definition) is 3. The molecule has 3 atom stereocenters. The molecule has 1 aliphatic heterocycles. The molecule has 1 saturated carbocycles. The van der Waals surface area contributed by atoms with Crippen LogP contribution in [0.5, 0.6) is 5.75 Å². The Kier molecular flexibility index (Phi) is 4.27. The molecule has 1 aliphatic carbocycles. The maximum Gasteiger partial charge on any atom is 0.123 e. The molecule has 2 fully saturated rings. The number of likely N-dealkylation sites (N-methyl/N-ethyl adjacent to an activating group) is 1. The van der Waals surface area contributed by atoms with Crippen molar-refractivity contribution in [3.05, 3.63) is 29.8 Å². The molecule has 0 aromatic heterocycles. The molecule has 1 aromatic rings. The molecule has 1 N–H and O–H groups in total. The zero-order valence-corrected chi connectivity index (χ0v) is 12.6. The molecular formula is C17H26N2O. The van der Waals surface area contributed by atoms with E-state index < -0.39 is 0 Å². The summed E-state index contributed by atoms with van der Waals surface area (Å²) >= 11 is 0. The van der Waals surface area contributed by atoms with E-state index in [-0.39, 0.29) is 0 Å². The molecular weight excluding hydrogens is 248 g/mol. The SMILES string of the molecule is COc1ccccc1CN(C)CC1NCC2CCCC21. The third-order valence-electron chi connectivity index (χ3n) is 5.02. The predicted octanol–water partition coefficient (Wildman–Crippen LogP) is 2.52. The fourth-order valence-corrected chi connectivity index (χ4v) is 4.03. The Balaban J connectivity index is 1.58. The highest BCUT2D eigenvalue weighted by Gasteiger charge is 2.38. The molecule has 110 valence electrons. The van der Waals surface area contributed by atoms with Crippen molar-refractivity contribution in [1.82, 2.24) is 10.2 Å². The average molecular weight is 274 g/mol. The van der Waals surface area contributed by atoms with Gasteiger partial charge < -0.3 is 15.0 Å². The fourth-order valence-electron chi connectivity index (χ4n) is 4.03. The summed E-state index contributed by atoms with van der Waals surface area (Å²) in [6, 6.07) is 9.01. The third-order valence-corrected chi connectivity index (χ3v) is 5.02. The van der Waals surface area contributed by atoms with Gasteiger partial charge in [0.05, 0.1) is 7.11 Å². The van der Waals surface area contributed by atoms with Gasteiger partial charge in [0.2, 0.25) is 0 Å². The molecule has 20 heavy (non-hydrogen) atoms. The number of hydrogen-bond donors (Lipinski definition) is 1. The summed E-state index contributed by atoms with van der Waals surface area (Å²) in [5.41, 5.74) is 1.28. The predicted molar refractivity (Wildman–Crippen MR) is 81.9 cm³/mol. The standard InChI is InChI=1S/C17H26N2O/c1-19(11-14-6-3-4-9-17(14)20-2)12-16-15-8-5-7-13(15)10-18-16/h3-4,6,9,13,15-16,18H,5,7-8,10-12H2,1-2H3. The van der Waals surface area contributed by atoms with Crippen molar-refractivity contribution >= 4 is 0 Å². The van der Waals surface area contributed by atoms with Gasteiger partial charge in [-0.15, -0.1) is 0 Å².